The van der Waals surface area contributed by atoms with Crippen molar-refractivity contribution in [1.29, 1.82) is 5.26 Å². The molecular formula is C17H16F2N2. The lowest BCUT2D eigenvalue weighted by Crippen LogP contribution is -2.22. The molecule has 0 atom stereocenters. The van der Waals surface area contributed by atoms with Gasteiger partial charge in [-0.05, 0) is 41.5 Å². The lowest BCUT2D eigenvalue weighted by atomic mass is 10.0. The summed E-state index contributed by atoms with van der Waals surface area (Å²) in [6.45, 7) is 4.36. The van der Waals surface area contributed by atoms with Crippen molar-refractivity contribution < 1.29 is 8.78 Å². The van der Waals surface area contributed by atoms with Crippen molar-refractivity contribution in [1.82, 2.24) is 5.32 Å². The Morgan fingerprint density at radius 2 is 1.86 bits per heavy atom. The lowest BCUT2D eigenvalue weighted by Gasteiger charge is -2.11. The summed E-state index contributed by atoms with van der Waals surface area (Å²) >= 11 is 0. The Kier molecular flexibility index (Phi) is 4.66. The zero-order valence-electron chi connectivity index (χ0n) is 12.0. The third kappa shape index (κ3) is 3.87. The number of rotatable bonds is 4. The first-order valence-corrected chi connectivity index (χ1v) is 6.72. The number of nitrogens with one attached hydrogen (secondary N) is 1. The smallest absolute Gasteiger partial charge is 0.127 e. The molecule has 2 aromatic carbocycles. The molecule has 0 heterocycles. The zero-order valence-corrected chi connectivity index (χ0v) is 12.0. The summed E-state index contributed by atoms with van der Waals surface area (Å²) in [7, 11) is 0. The van der Waals surface area contributed by atoms with Gasteiger partial charge in [-0.25, -0.2) is 8.78 Å². The van der Waals surface area contributed by atoms with Crippen LogP contribution in [0, 0.1) is 23.0 Å². The minimum Gasteiger partial charge on any atom is -0.310 e. The maximum absolute atomic E-state index is 13.8. The average Bonchev–Trinajstić information content (AvgIpc) is 2.45. The number of nitriles is 1. The van der Waals surface area contributed by atoms with Gasteiger partial charge in [-0.1, -0.05) is 19.9 Å². The Morgan fingerprint density at radius 1 is 1.10 bits per heavy atom. The summed E-state index contributed by atoms with van der Waals surface area (Å²) in [6, 6.07) is 10.9. The normalized spacial score (nSPS) is 10.7. The van der Waals surface area contributed by atoms with Crippen LogP contribution in [0.3, 0.4) is 0 Å². The van der Waals surface area contributed by atoms with E-state index in [1.165, 1.54) is 18.2 Å². The fraction of sp³-hybridized carbons (Fsp3) is 0.235. The first kappa shape index (κ1) is 15.1. The molecule has 0 aromatic heterocycles. The van der Waals surface area contributed by atoms with Gasteiger partial charge in [0.2, 0.25) is 0 Å². The van der Waals surface area contributed by atoms with E-state index in [4.69, 9.17) is 5.26 Å². The highest BCUT2D eigenvalue weighted by Gasteiger charge is 2.08. The van der Waals surface area contributed by atoms with E-state index in [0.717, 1.165) is 0 Å². The van der Waals surface area contributed by atoms with Gasteiger partial charge in [0.1, 0.15) is 11.6 Å². The van der Waals surface area contributed by atoms with Gasteiger partial charge in [-0.2, -0.15) is 5.26 Å². The minimum absolute atomic E-state index is 0.243. The van der Waals surface area contributed by atoms with Crippen molar-refractivity contribution in [2.75, 3.05) is 0 Å². The van der Waals surface area contributed by atoms with Crippen LogP contribution in [0.4, 0.5) is 8.78 Å². The maximum Gasteiger partial charge on any atom is 0.127 e. The zero-order chi connectivity index (χ0) is 15.4. The molecule has 2 aromatic rings. The molecule has 2 rings (SSSR count). The topological polar surface area (TPSA) is 35.8 Å². The highest BCUT2D eigenvalue weighted by Crippen LogP contribution is 2.24. The Balaban J connectivity index is 2.39. The Labute approximate surface area is 123 Å². The number of benzene rings is 2. The molecule has 4 heteroatoms. The van der Waals surface area contributed by atoms with Crippen LogP contribution in [-0.2, 0) is 6.54 Å². The van der Waals surface area contributed by atoms with E-state index < -0.39 is 5.82 Å². The van der Waals surface area contributed by atoms with Gasteiger partial charge in [-0.15, -0.1) is 0 Å². The van der Waals surface area contributed by atoms with E-state index in [2.05, 4.69) is 5.32 Å². The van der Waals surface area contributed by atoms with Crippen LogP contribution in [0.2, 0.25) is 0 Å². The molecule has 21 heavy (non-hydrogen) atoms. The van der Waals surface area contributed by atoms with Gasteiger partial charge in [0.15, 0.2) is 0 Å². The second-order valence-corrected chi connectivity index (χ2v) is 5.18. The van der Waals surface area contributed by atoms with Crippen LogP contribution in [0.1, 0.15) is 25.0 Å². The molecule has 108 valence electrons. The maximum atomic E-state index is 13.8. The quantitative estimate of drug-likeness (QED) is 0.922. The Morgan fingerprint density at radius 3 is 2.52 bits per heavy atom. The summed E-state index contributed by atoms with van der Waals surface area (Å²) in [5, 5.41) is 12.0. The molecule has 1 N–H and O–H groups in total. The van der Waals surface area contributed by atoms with Crippen molar-refractivity contribution in [2.24, 2.45) is 0 Å². The molecule has 0 amide bonds. The monoisotopic (exact) mass is 286 g/mol. The fourth-order valence-corrected chi connectivity index (χ4v) is 2.02. The van der Waals surface area contributed by atoms with Crippen molar-refractivity contribution in [2.45, 2.75) is 26.4 Å². The molecule has 0 saturated heterocycles. The third-order valence-corrected chi connectivity index (χ3v) is 3.11. The predicted octanol–water partition coefficient (Wildman–Crippen LogP) is 4.00. The molecule has 0 bridgehead atoms. The first-order valence-electron chi connectivity index (χ1n) is 6.72. The third-order valence-electron chi connectivity index (χ3n) is 3.11. The van der Waals surface area contributed by atoms with Crippen molar-refractivity contribution >= 4 is 0 Å². The molecule has 0 aliphatic rings. The summed E-state index contributed by atoms with van der Waals surface area (Å²) in [6.07, 6.45) is 0. The van der Waals surface area contributed by atoms with E-state index in [-0.39, 0.29) is 17.4 Å². The lowest BCUT2D eigenvalue weighted by molar-refractivity contribution is 0.553. The molecule has 2 nitrogen and oxygen atoms in total. The van der Waals surface area contributed by atoms with E-state index in [1.807, 2.05) is 19.9 Å². The van der Waals surface area contributed by atoms with E-state index in [0.29, 0.717) is 23.2 Å². The van der Waals surface area contributed by atoms with Crippen LogP contribution in [0.15, 0.2) is 36.4 Å². The number of hydrogen-bond acceptors (Lipinski definition) is 2. The van der Waals surface area contributed by atoms with E-state index in [9.17, 15) is 8.78 Å². The van der Waals surface area contributed by atoms with Crippen LogP contribution >= 0.6 is 0 Å². The molecule has 0 fully saturated rings. The minimum atomic E-state index is -0.477. The van der Waals surface area contributed by atoms with Crippen LogP contribution < -0.4 is 5.32 Å². The van der Waals surface area contributed by atoms with E-state index in [1.54, 1.807) is 18.2 Å². The summed E-state index contributed by atoms with van der Waals surface area (Å²) < 4.78 is 27.3. The molecular weight excluding hydrogens is 270 g/mol. The summed E-state index contributed by atoms with van der Waals surface area (Å²) in [5.41, 5.74) is 2.02. The SMILES string of the molecule is CC(C)NCc1cc(-c2cc(F)cc(C#N)c2)ccc1F. The molecule has 0 aliphatic heterocycles. The second-order valence-electron chi connectivity index (χ2n) is 5.18. The summed E-state index contributed by atoms with van der Waals surface area (Å²) in [4.78, 5) is 0. The van der Waals surface area contributed by atoms with Gasteiger partial charge in [0.05, 0.1) is 11.6 Å². The Bertz CT molecular complexity index is 688. The van der Waals surface area contributed by atoms with Crippen LogP contribution in [-0.4, -0.2) is 6.04 Å². The predicted molar refractivity (Wildman–Crippen MR) is 78.5 cm³/mol. The molecule has 0 aliphatic carbocycles. The molecule has 0 unspecified atom stereocenters. The Hall–Kier alpha value is -2.25. The summed E-state index contributed by atoms with van der Waals surface area (Å²) in [5.74, 6) is -0.779. The van der Waals surface area contributed by atoms with Crippen molar-refractivity contribution in [3.05, 3.63) is 59.2 Å². The van der Waals surface area contributed by atoms with Crippen molar-refractivity contribution in [3.63, 3.8) is 0 Å². The van der Waals surface area contributed by atoms with Gasteiger partial charge in [-0.3, -0.25) is 0 Å². The van der Waals surface area contributed by atoms with Crippen molar-refractivity contribution in [3.8, 4) is 17.2 Å². The van der Waals surface area contributed by atoms with Gasteiger partial charge in [0.25, 0.3) is 0 Å². The highest BCUT2D eigenvalue weighted by atomic mass is 19.1. The molecule has 0 spiro atoms. The molecule has 0 saturated carbocycles. The number of halogens is 2. The molecule has 0 radical (unpaired) electrons. The van der Waals surface area contributed by atoms with Crippen LogP contribution in [0.5, 0.6) is 0 Å². The largest absolute Gasteiger partial charge is 0.310 e. The first-order chi connectivity index (χ1) is 9.99. The van der Waals surface area contributed by atoms with Crippen LogP contribution in [0.25, 0.3) is 11.1 Å². The highest BCUT2D eigenvalue weighted by molar-refractivity contribution is 5.66. The average molecular weight is 286 g/mol. The van der Waals surface area contributed by atoms with Gasteiger partial charge >= 0.3 is 0 Å². The van der Waals surface area contributed by atoms with E-state index >= 15 is 0 Å². The van der Waals surface area contributed by atoms with Gasteiger partial charge < -0.3 is 5.32 Å². The van der Waals surface area contributed by atoms with Gasteiger partial charge in [0, 0.05) is 18.2 Å². The fourth-order valence-electron chi connectivity index (χ4n) is 2.02. The number of hydrogen-bond donors (Lipinski definition) is 1. The number of nitrogens with zero attached hydrogens (tertiary/aromatic N) is 1. The second kappa shape index (κ2) is 6.47. The standard InChI is InChI=1S/C17H16F2N2/c1-11(2)21-10-15-7-13(3-4-17(15)19)14-5-12(9-20)6-16(18)8-14/h3-8,11,21H,10H2,1-2H3.